The lowest BCUT2D eigenvalue weighted by atomic mass is 10.1. The number of primary amides is 1. The quantitative estimate of drug-likeness (QED) is 0.199. The number of nitrogens with zero attached hydrogens (tertiary/aromatic N) is 4. The van der Waals surface area contributed by atoms with Gasteiger partial charge in [-0.25, -0.2) is 0 Å². The largest absolute Gasteiger partial charge is 0.480 e. The summed E-state index contributed by atoms with van der Waals surface area (Å²) in [7, 11) is 1.94. The molecule has 33 heavy (non-hydrogen) atoms. The number of carboxylic acids is 1. The van der Waals surface area contributed by atoms with Crippen LogP contribution in [0.2, 0.25) is 0 Å². The van der Waals surface area contributed by atoms with E-state index >= 15 is 0 Å². The summed E-state index contributed by atoms with van der Waals surface area (Å²) in [5.74, 6) is -1.53. The number of nitrogens with one attached hydrogen (secondary N) is 1. The smallest absolute Gasteiger partial charge is 0.320 e. The summed E-state index contributed by atoms with van der Waals surface area (Å²) in [4.78, 5) is 53.9. The third-order valence-corrected chi connectivity index (χ3v) is 6.08. The third-order valence-electron chi connectivity index (χ3n) is 6.08. The molecule has 4 N–H and O–H groups in total. The lowest BCUT2D eigenvalue weighted by Gasteiger charge is -2.35. The monoisotopic (exact) mass is 470 g/mol. The molecule has 0 aromatic rings. The topological polar surface area (TPSA) is 140 Å². The Labute approximate surface area is 197 Å². The number of hydrogen-bond donors (Lipinski definition) is 3. The van der Waals surface area contributed by atoms with Gasteiger partial charge in [0.25, 0.3) is 0 Å². The molecule has 1 amide bonds. The minimum absolute atomic E-state index is 0.00786. The normalized spacial score (nSPS) is 19.3. The molecule has 0 radical (unpaired) electrons. The van der Waals surface area contributed by atoms with E-state index in [9.17, 15) is 24.3 Å². The predicted molar refractivity (Wildman–Crippen MR) is 126 cm³/mol. The standard InChI is InChI=1S/C22H42N6O5/c1-24-6-2-3-7-25-8-10-26(16-18-29)12-14-28(15-13-27(11-9-25)17-19-30)20(22(32)33)4-5-21(23)31/h18-20,24H,2-17H2,1H3,(H2,23,31)(H,32,33). The maximum atomic E-state index is 11.9. The number of rotatable bonds is 14. The number of aliphatic carboxylic acids is 1. The summed E-state index contributed by atoms with van der Waals surface area (Å²) in [6.07, 6.45) is 4.02. The van der Waals surface area contributed by atoms with Crippen LogP contribution in [0.4, 0.5) is 0 Å². The molecule has 1 aliphatic heterocycles. The van der Waals surface area contributed by atoms with Crippen molar-refractivity contribution in [1.82, 2.24) is 24.9 Å². The van der Waals surface area contributed by atoms with Crippen LogP contribution in [0.1, 0.15) is 25.7 Å². The van der Waals surface area contributed by atoms with Gasteiger partial charge in [-0.3, -0.25) is 24.3 Å². The molecular weight excluding hydrogens is 428 g/mol. The SMILES string of the molecule is CNCCCCN1CCN(CC=O)CCN(C(CCC(N)=O)C(=O)O)CCN(CC=O)CC1. The Bertz CT molecular complexity index is 568. The highest BCUT2D eigenvalue weighted by molar-refractivity contribution is 5.77. The molecule has 1 atom stereocenters. The fraction of sp³-hybridized carbons (Fsp3) is 0.818. The van der Waals surface area contributed by atoms with Crippen LogP contribution in [-0.4, -0.2) is 141 Å². The van der Waals surface area contributed by atoms with Crippen molar-refractivity contribution in [2.75, 3.05) is 85.6 Å². The molecule has 1 aliphatic rings. The molecule has 0 saturated carbocycles. The van der Waals surface area contributed by atoms with Gasteiger partial charge in [-0.2, -0.15) is 0 Å². The lowest BCUT2D eigenvalue weighted by Crippen LogP contribution is -2.51. The van der Waals surface area contributed by atoms with E-state index in [2.05, 4.69) is 10.2 Å². The first-order valence-corrected chi connectivity index (χ1v) is 11.8. The first-order chi connectivity index (χ1) is 15.9. The van der Waals surface area contributed by atoms with Gasteiger partial charge in [-0.1, -0.05) is 0 Å². The molecule has 0 aromatic carbocycles. The first-order valence-electron chi connectivity index (χ1n) is 11.8. The van der Waals surface area contributed by atoms with E-state index in [1.165, 1.54) is 0 Å². The number of carboxylic acid groups (broad SMARTS) is 1. The predicted octanol–water partition coefficient (Wildman–Crippen LogP) is -1.68. The Hall–Kier alpha value is -1.92. The Balaban J connectivity index is 2.94. The van der Waals surface area contributed by atoms with E-state index in [1.807, 2.05) is 21.7 Å². The lowest BCUT2D eigenvalue weighted by molar-refractivity contribution is -0.144. The van der Waals surface area contributed by atoms with Crippen LogP contribution < -0.4 is 11.1 Å². The van der Waals surface area contributed by atoms with Crippen LogP contribution in [-0.2, 0) is 19.2 Å². The number of amides is 1. The Morgan fingerprint density at radius 1 is 0.909 bits per heavy atom. The summed E-state index contributed by atoms with van der Waals surface area (Å²) in [5, 5.41) is 12.9. The average molecular weight is 471 g/mol. The summed E-state index contributed by atoms with van der Waals surface area (Å²) in [6.45, 7) is 7.47. The van der Waals surface area contributed by atoms with E-state index in [0.29, 0.717) is 39.3 Å². The van der Waals surface area contributed by atoms with Crippen LogP contribution in [0.5, 0.6) is 0 Å². The number of hydrogen-bond acceptors (Lipinski definition) is 9. The minimum Gasteiger partial charge on any atom is -0.480 e. The van der Waals surface area contributed by atoms with Gasteiger partial charge >= 0.3 is 5.97 Å². The zero-order valence-electron chi connectivity index (χ0n) is 20.0. The second-order valence-electron chi connectivity index (χ2n) is 8.48. The molecule has 1 saturated heterocycles. The summed E-state index contributed by atoms with van der Waals surface area (Å²) >= 11 is 0. The van der Waals surface area contributed by atoms with Crippen molar-refractivity contribution in [3.8, 4) is 0 Å². The van der Waals surface area contributed by atoms with Gasteiger partial charge < -0.3 is 30.6 Å². The number of nitrogens with two attached hydrogens (primary N) is 1. The fourth-order valence-corrected chi connectivity index (χ4v) is 4.04. The Morgan fingerprint density at radius 3 is 1.88 bits per heavy atom. The van der Waals surface area contributed by atoms with Crippen molar-refractivity contribution in [3.05, 3.63) is 0 Å². The summed E-state index contributed by atoms with van der Waals surface area (Å²) < 4.78 is 0. The van der Waals surface area contributed by atoms with E-state index < -0.39 is 17.9 Å². The first kappa shape index (κ1) is 29.1. The molecule has 0 aromatic heterocycles. The maximum Gasteiger partial charge on any atom is 0.320 e. The van der Waals surface area contributed by atoms with Crippen LogP contribution in [0.3, 0.4) is 0 Å². The van der Waals surface area contributed by atoms with Gasteiger partial charge in [0.15, 0.2) is 0 Å². The maximum absolute atomic E-state index is 11.9. The number of aldehydes is 2. The molecule has 0 bridgehead atoms. The summed E-state index contributed by atoms with van der Waals surface area (Å²) in [5.41, 5.74) is 5.24. The third kappa shape index (κ3) is 12.8. The summed E-state index contributed by atoms with van der Waals surface area (Å²) in [6, 6.07) is -0.847. The van der Waals surface area contributed by atoms with E-state index in [4.69, 9.17) is 5.73 Å². The van der Waals surface area contributed by atoms with Crippen molar-refractivity contribution in [2.24, 2.45) is 5.73 Å². The highest BCUT2D eigenvalue weighted by Gasteiger charge is 2.27. The molecule has 0 aliphatic carbocycles. The number of carbonyl (C=O) groups is 4. The van der Waals surface area contributed by atoms with Crippen LogP contribution in [0, 0.1) is 0 Å². The van der Waals surface area contributed by atoms with Crippen molar-refractivity contribution < 1.29 is 24.3 Å². The van der Waals surface area contributed by atoms with E-state index in [-0.39, 0.29) is 25.9 Å². The van der Waals surface area contributed by atoms with Gasteiger partial charge in [0, 0.05) is 58.8 Å². The number of unbranched alkanes of at least 4 members (excludes halogenated alkanes) is 1. The van der Waals surface area contributed by atoms with Gasteiger partial charge in [0.2, 0.25) is 5.91 Å². The van der Waals surface area contributed by atoms with Crippen LogP contribution in [0.25, 0.3) is 0 Å². The highest BCUT2D eigenvalue weighted by atomic mass is 16.4. The van der Waals surface area contributed by atoms with Crippen LogP contribution in [0.15, 0.2) is 0 Å². The molecule has 11 heteroatoms. The molecule has 0 spiro atoms. The van der Waals surface area contributed by atoms with Gasteiger partial charge in [-0.05, 0) is 39.4 Å². The molecular formula is C22H42N6O5. The molecule has 1 fully saturated rings. The second kappa shape index (κ2) is 17.5. The van der Waals surface area contributed by atoms with E-state index in [0.717, 1.165) is 51.6 Å². The van der Waals surface area contributed by atoms with Gasteiger partial charge in [0.1, 0.15) is 18.6 Å². The fourth-order valence-electron chi connectivity index (χ4n) is 4.04. The Morgan fingerprint density at radius 2 is 1.42 bits per heavy atom. The van der Waals surface area contributed by atoms with Gasteiger partial charge in [0.05, 0.1) is 13.1 Å². The van der Waals surface area contributed by atoms with Crippen LogP contribution >= 0.6 is 0 Å². The molecule has 1 rings (SSSR count). The van der Waals surface area contributed by atoms with Crippen molar-refractivity contribution >= 4 is 24.4 Å². The van der Waals surface area contributed by atoms with Crippen molar-refractivity contribution in [3.63, 3.8) is 0 Å². The molecule has 11 nitrogen and oxygen atoms in total. The number of carbonyl (C=O) groups excluding carboxylic acids is 3. The van der Waals surface area contributed by atoms with E-state index in [1.54, 1.807) is 0 Å². The minimum atomic E-state index is -1.00. The zero-order valence-corrected chi connectivity index (χ0v) is 20.0. The van der Waals surface area contributed by atoms with Crippen molar-refractivity contribution in [1.29, 1.82) is 0 Å². The zero-order chi connectivity index (χ0) is 24.5. The average Bonchev–Trinajstić information content (AvgIpc) is 2.77. The van der Waals surface area contributed by atoms with Gasteiger partial charge in [-0.15, -0.1) is 0 Å². The Kier molecular flexibility index (Phi) is 15.5. The molecule has 190 valence electrons. The second-order valence-corrected chi connectivity index (χ2v) is 8.48. The highest BCUT2D eigenvalue weighted by Crippen LogP contribution is 2.10. The van der Waals surface area contributed by atoms with Crippen molar-refractivity contribution in [2.45, 2.75) is 31.7 Å². The molecule has 1 heterocycles. The molecule has 1 unspecified atom stereocenters.